The minimum Gasteiger partial charge on any atom is -0.489 e. The highest BCUT2D eigenvalue weighted by Crippen LogP contribution is 2.23. The third-order valence-corrected chi connectivity index (χ3v) is 3.32. The number of hydrogen-bond donors (Lipinski definition) is 0. The van der Waals surface area contributed by atoms with Crippen LogP contribution in [0.2, 0.25) is 0 Å². The summed E-state index contributed by atoms with van der Waals surface area (Å²) in [6.07, 6.45) is 0.859. The van der Waals surface area contributed by atoms with Crippen molar-refractivity contribution in [1.82, 2.24) is 4.98 Å². The van der Waals surface area contributed by atoms with E-state index in [1.807, 2.05) is 55.5 Å². The normalized spacial score (nSPS) is 10.5. The maximum Gasteiger partial charge on any atom is 0.150 e. The molecule has 0 aliphatic heterocycles. The van der Waals surface area contributed by atoms with Crippen LogP contribution in [0.5, 0.6) is 5.75 Å². The molecule has 0 bridgehead atoms. The summed E-state index contributed by atoms with van der Waals surface area (Å²) >= 11 is 0. The van der Waals surface area contributed by atoms with Gasteiger partial charge in [-0.2, -0.15) is 0 Å². The van der Waals surface area contributed by atoms with Crippen molar-refractivity contribution < 1.29 is 9.53 Å². The van der Waals surface area contributed by atoms with Crippen molar-refractivity contribution in [3.63, 3.8) is 0 Å². The van der Waals surface area contributed by atoms with Crippen molar-refractivity contribution in [2.75, 3.05) is 0 Å². The van der Waals surface area contributed by atoms with Gasteiger partial charge in [0.2, 0.25) is 0 Å². The topological polar surface area (TPSA) is 39.2 Å². The number of carbonyl (C=O) groups excluding carboxylic acids is 1. The van der Waals surface area contributed by atoms with Gasteiger partial charge in [-0.15, -0.1) is 0 Å². The Kier molecular flexibility index (Phi) is 3.65. The van der Waals surface area contributed by atoms with E-state index in [0.29, 0.717) is 12.2 Å². The predicted molar refractivity (Wildman–Crippen MR) is 82.6 cm³/mol. The van der Waals surface area contributed by atoms with E-state index in [1.165, 1.54) is 0 Å². The molecule has 3 rings (SSSR count). The summed E-state index contributed by atoms with van der Waals surface area (Å²) in [5.41, 5.74) is 3.39. The van der Waals surface area contributed by atoms with Gasteiger partial charge in [0.1, 0.15) is 12.4 Å². The summed E-state index contributed by atoms with van der Waals surface area (Å²) in [6.45, 7) is 2.38. The van der Waals surface area contributed by atoms with E-state index in [4.69, 9.17) is 4.74 Å². The van der Waals surface area contributed by atoms with E-state index in [9.17, 15) is 4.79 Å². The molecule has 1 aromatic heterocycles. The standard InChI is InChI=1S/C18H15NO2/c1-13-9-15(11-20)17-10-16(7-8-18(17)19-13)21-12-14-5-3-2-4-6-14/h2-11H,12H2,1H3. The molecule has 0 atom stereocenters. The smallest absolute Gasteiger partial charge is 0.150 e. The highest BCUT2D eigenvalue weighted by atomic mass is 16.5. The van der Waals surface area contributed by atoms with E-state index < -0.39 is 0 Å². The van der Waals surface area contributed by atoms with Crippen molar-refractivity contribution in [3.05, 3.63) is 71.4 Å². The maximum absolute atomic E-state index is 11.2. The van der Waals surface area contributed by atoms with Gasteiger partial charge < -0.3 is 4.74 Å². The first kappa shape index (κ1) is 13.3. The number of pyridine rings is 1. The van der Waals surface area contributed by atoms with Crippen molar-refractivity contribution in [2.24, 2.45) is 0 Å². The van der Waals surface area contributed by atoms with E-state index in [2.05, 4.69) is 4.98 Å². The third-order valence-electron chi connectivity index (χ3n) is 3.32. The summed E-state index contributed by atoms with van der Waals surface area (Å²) in [5, 5.41) is 0.821. The van der Waals surface area contributed by atoms with Gasteiger partial charge in [-0.1, -0.05) is 30.3 Å². The zero-order valence-electron chi connectivity index (χ0n) is 11.7. The van der Waals surface area contributed by atoms with Crippen LogP contribution in [-0.2, 0) is 6.61 Å². The molecule has 1 heterocycles. The van der Waals surface area contributed by atoms with Crippen molar-refractivity contribution >= 4 is 17.2 Å². The van der Waals surface area contributed by atoms with Crippen molar-refractivity contribution in [1.29, 1.82) is 0 Å². The number of hydrogen-bond acceptors (Lipinski definition) is 3. The zero-order valence-corrected chi connectivity index (χ0v) is 11.7. The van der Waals surface area contributed by atoms with Crippen LogP contribution in [0.3, 0.4) is 0 Å². The zero-order chi connectivity index (χ0) is 14.7. The lowest BCUT2D eigenvalue weighted by molar-refractivity contribution is 0.112. The molecule has 0 N–H and O–H groups in total. The van der Waals surface area contributed by atoms with Gasteiger partial charge in [0.25, 0.3) is 0 Å². The summed E-state index contributed by atoms with van der Waals surface area (Å²) in [4.78, 5) is 15.6. The molecule has 104 valence electrons. The van der Waals surface area contributed by atoms with E-state index in [0.717, 1.165) is 34.2 Å². The molecule has 3 aromatic rings. The molecule has 3 heteroatoms. The summed E-state index contributed by atoms with van der Waals surface area (Å²) in [7, 11) is 0. The Bertz CT molecular complexity index is 782. The Balaban J connectivity index is 1.90. The number of fused-ring (bicyclic) bond motifs is 1. The van der Waals surface area contributed by atoms with Crippen LogP contribution < -0.4 is 4.74 Å². The second-order valence-electron chi connectivity index (χ2n) is 4.92. The van der Waals surface area contributed by atoms with Gasteiger partial charge in [-0.05, 0) is 36.8 Å². The largest absolute Gasteiger partial charge is 0.489 e. The van der Waals surface area contributed by atoms with Crippen LogP contribution in [-0.4, -0.2) is 11.3 Å². The number of aldehydes is 1. The van der Waals surface area contributed by atoms with Crippen LogP contribution >= 0.6 is 0 Å². The second kappa shape index (κ2) is 5.75. The van der Waals surface area contributed by atoms with Gasteiger partial charge in [0.05, 0.1) is 5.52 Å². The van der Waals surface area contributed by atoms with Crippen LogP contribution in [0.15, 0.2) is 54.6 Å². The highest BCUT2D eigenvalue weighted by Gasteiger charge is 2.05. The molecule has 0 radical (unpaired) electrons. The Hall–Kier alpha value is -2.68. The molecule has 21 heavy (non-hydrogen) atoms. The second-order valence-corrected chi connectivity index (χ2v) is 4.92. The number of benzene rings is 2. The molecule has 0 unspecified atom stereocenters. The lowest BCUT2D eigenvalue weighted by atomic mass is 10.1. The monoisotopic (exact) mass is 277 g/mol. The van der Waals surface area contributed by atoms with Gasteiger partial charge >= 0.3 is 0 Å². The van der Waals surface area contributed by atoms with Gasteiger partial charge in [0.15, 0.2) is 6.29 Å². The lowest BCUT2D eigenvalue weighted by Gasteiger charge is -2.08. The molecule has 0 saturated heterocycles. The van der Waals surface area contributed by atoms with Crippen LogP contribution in [0.25, 0.3) is 10.9 Å². The average molecular weight is 277 g/mol. The third kappa shape index (κ3) is 2.92. The predicted octanol–water partition coefficient (Wildman–Crippen LogP) is 3.93. The first-order valence-electron chi connectivity index (χ1n) is 6.79. The first-order chi connectivity index (χ1) is 10.3. The number of carbonyl (C=O) groups is 1. The van der Waals surface area contributed by atoms with E-state index in [1.54, 1.807) is 6.07 Å². The number of nitrogens with zero attached hydrogens (tertiary/aromatic N) is 1. The van der Waals surface area contributed by atoms with Gasteiger partial charge in [-0.3, -0.25) is 9.78 Å². The first-order valence-corrected chi connectivity index (χ1v) is 6.79. The minimum atomic E-state index is 0.502. The summed E-state index contributed by atoms with van der Waals surface area (Å²) < 4.78 is 5.79. The quantitative estimate of drug-likeness (QED) is 0.678. The number of rotatable bonds is 4. The molecule has 0 aliphatic rings. The molecule has 0 fully saturated rings. The molecule has 0 aliphatic carbocycles. The highest BCUT2D eigenvalue weighted by molar-refractivity contribution is 5.97. The fourth-order valence-electron chi connectivity index (χ4n) is 2.30. The molecule has 3 nitrogen and oxygen atoms in total. The van der Waals surface area contributed by atoms with Crippen LogP contribution in [0, 0.1) is 6.92 Å². The molecular formula is C18H15NO2. The molecule has 0 spiro atoms. The van der Waals surface area contributed by atoms with Gasteiger partial charge in [0, 0.05) is 16.6 Å². The number of aromatic nitrogens is 1. The number of aryl methyl sites for hydroxylation is 1. The number of ether oxygens (including phenoxy) is 1. The fraction of sp³-hybridized carbons (Fsp3) is 0.111. The fourth-order valence-corrected chi connectivity index (χ4v) is 2.30. The van der Waals surface area contributed by atoms with Crippen molar-refractivity contribution in [3.8, 4) is 5.75 Å². The Labute approximate surface area is 123 Å². The average Bonchev–Trinajstić information content (AvgIpc) is 2.53. The van der Waals surface area contributed by atoms with E-state index in [-0.39, 0.29) is 0 Å². The summed E-state index contributed by atoms with van der Waals surface area (Å²) in [5.74, 6) is 0.736. The molecule has 0 amide bonds. The van der Waals surface area contributed by atoms with Crippen LogP contribution in [0.4, 0.5) is 0 Å². The maximum atomic E-state index is 11.2. The Morgan fingerprint density at radius 1 is 1.10 bits per heavy atom. The lowest BCUT2D eigenvalue weighted by Crippen LogP contribution is -1.96. The van der Waals surface area contributed by atoms with Crippen molar-refractivity contribution in [2.45, 2.75) is 13.5 Å². The molecule has 2 aromatic carbocycles. The molecular weight excluding hydrogens is 262 g/mol. The van der Waals surface area contributed by atoms with E-state index >= 15 is 0 Å². The SMILES string of the molecule is Cc1cc(C=O)c2cc(OCc3ccccc3)ccc2n1. The minimum absolute atomic E-state index is 0.502. The Morgan fingerprint density at radius 3 is 2.67 bits per heavy atom. The summed E-state index contributed by atoms with van der Waals surface area (Å²) in [6, 6.07) is 17.4. The van der Waals surface area contributed by atoms with Gasteiger partial charge in [-0.25, -0.2) is 0 Å². The Morgan fingerprint density at radius 2 is 1.90 bits per heavy atom. The van der Waals surface area contributed by atoms with Crippen LogP contribution in [0.1, 0.15) is 21.6 Å². The molecule has 0 saturated carbocycles.